The minimum Gasteiger partial charge on any atom is -0.392 e. The smallest absolute Gasteiger partial charge is 0.0667 e. The molecule has 0 bridgehead atoms. The second kappa shape index (κ2) is 2.46. The quantitative estimate of drug-likeness (QED) is 0.487. The molecule has 1 heterocycles. The van der Waals surface area contributed by atoms with Crippen molar-refractivity contribution in [2.75, 3.05) is 13.1 Å². The van der Waals surface area contributed by atoms with Crippen LogP contribution >= 0.6 is 0 Å². The van der Waals surface area contributed by atoms with E-state index in [4.69, 9.17) is 5.11 Å². The molecule has 1 radical (unpaired) electrons. The lowest BCUT2D eigenvalue weighted by molar-refractivity contribution is 0.0928. The maximum atomic E-state index is 9.00. The van der Waals surface area contributed by atoms with Crippen LogP contribution < -0.4 is 0 Å². The lowest BCUT2D eigenvalue weighted by Gasteiger charge is -2.25. The highest BCUT2D eigenvalue weighted by atomic mass is 16.3. The average Bonchev–Trinajstić information content (AvgIpc) is 1.64. The second-order valence-electron chi connectivity index (χ2n) is 2.37. The minimum absolute atomic E-state index is 0.124. The molecule has 0 spiro atoms. The molecule has 0 amide bonds. The van der Waals surface area contributed by atoms with Gasteiger partial charge in [0.25, 0.3) is 0 Å². The van der Waals surface area contributed by atoms with E-state index >= 15 is 0 Å². The van der Waals surface area contributed by atoms with Gasteiger partial charge in [-0.05, 0) is 19.4 Å². The summed E-state index contributed by atoms with van der Waals surface area (Å²) in [4.78, 5) is 1.91. The SMILES string of the molecule is [CH2]N1CCC[C@@H](O)C1. The molecular formula is C6H12NO. The van der Waals surface area contributed by atoms with Gasteiger partial charge < -0.3 is 5.11 Å². The third kappa shape index (κ3) is 1.46. The number of rotatable bonds is 0. The number of aliphatic hydroxyl groups excluding tert-OH is 1. The number of aliphatic hydroxyl groups is 1. The molecule has 1 aliphatic heterocycles. The molecule has 2 heteroatoms. The molecule has 1 atom stereocenters. The Labute approximate surface area is 50.1 Å². The van der Waals surface area contributed by atoms with Crippen LogP contribution in [0.4, 0.5) is 0 Å². The van der Waals surface area contributed by atoms with Crippen LogP contribution in [-0.2, 0) is 0 Å². The third-order valence-electron chi connectivity index (χ3n) is 1.48. The number of nitrogens with zero attached hydrogens (tertiary/aromatic N) is 1. The largest absolute Gasteiger partial charge is 0.392 e. The Kier molecular flexibility index (Phi) is 1.86. The summed E-state index contributed by atoms with van der Waals surface area (Å²) < 4.78 is 0. The first-order valence-electron chi connectivity index (χ1n) is 3.02. The van der Waals surface area contributed by atoms with E-state index < -0.39 is 0 Å². The summed E-state index contributed by atoms with van der Waals surface area (Å²) >= 11 is 0. The molecule has 2 nitrogen and oxygen atoms in total. The normalized spacial score (nSPS) is 33.0. The molecule has 1 aliphatic rings. The zero-order chi connectivity index (χ0) is 5.98. The number of hydrogen-bond acceptors (Lipinski definition) is 2. The molecule has 47 valence electrons. The van der Waals surface area contributed by atoms with E-state index in [1.807, 2.05) is 4.90 Å². The van der Waals surface area contributed by atoms with E-state index in [9.17, 15) is 0 Å². The number of β-amino-alcohol motifs (C(OH)–C–C–N with tert-alkyl or cyclic N) is 1. The van der Waals surface area contributed by atoms with Crippen molar-refractivity contribution < 1.29 is 5.11 Å². The van der Waals surface area contributed by atoms with Crippen LogP contribution in [0.3, 0.4) is 0 Å². The van der Waals surface area contributed by atoms with Gasteiger partial charge >= 0.3 is 0 Å². The molecule has 0 aromatic carbocycles. The number of piperidine rings is 1. The molecule has 0 aromatic rings. The number of hydrogen-bond donors (Lipinski definition) is 1. The van der Waals surface area contributed by atoms with Gasteiger partial charge in [-0.2, -0.15) is 0 Å². The fraction of sp³-hybridized carbons (Fsp3) is 0.833. The van der Waals surface area contributed by atoms with Gasteiger partial charge in [-0.1, -0.05) is 0 Å². The Balaban J connectivity index is 2.23. The molecule has 0 aromatic heterocycles. The van der Waals surface area contributed by atoms with Crippen molar-refractivity contribution in [1.82, 2.24) is 4.90 Å². The van der Waals surface area contributed by atoms with Crippen molar-refractivity contribution >= 4 is 0 Å². The van der Waals surface area contributed by atoms with Gasteiger partial charge in [0.05, 0.1) is 6.10 Å². The Morgan fingerprint density at radius 2 is 2.38 bits per heavy atom. The molecule has 1 N–H and O–H groups in total. The number of likely N-dealkylation sites (tertiary alicyclic amines) is 1. The van der Waals surface area contributed by atoms with Crippen molar-refractivity contribution in [1.29, 1.82) is 0 Å². The summed E-state index contributed by atoms with van der Waals surface area (Å²) in [5.74, 6) is 0. The van der Waals surface area contributed by atoms with Gasteiger partial charge in [-0.15, -0.1) is 0 Å². The first-order valence-corrected chi connectivity index (χ1v) is 3.02. The fourth-order valence-corrected chi connectivity index (χ4v) is 1.03. The minimum atomic E-state index is -0.124. The molecule has 0 aliphatic carbocycles. The first kappa shape index (κ1) is 6.05. The van der Waals surface area contributed by atoms with Crippen LogP contribution in [0.1, 0.15) is 12.8 Å². The molecule has 8 heavy (non-hydrogen) atoms. The molecule has 1 fully saturated rings. The predicted octanol–water partition coefficient (Wildman–Crippen LogP) is 0.235. The van der Waals surface area contributed by atoms with Crippen LogP contribution in [-0.4, -0.2) is 29.2 Å². The zero-order valence-electron chi connectivity index (χ0n) is 5.01. The fourth-order valence-electron chi connectivity index (χ4n) is 1.03. The summed E-state index contributed by atoms with van der Waals surface area (Å²) in [6.07, 6.45) is 1.91. The zero-order valence-corrected chi connectivity index (χ0v) is 5.01. The molecule has 1 saturated heterocycles. The van der Waals surface area contributed by atoms with Crippen molar-refractivity contribution in [2.24, 2.45) is 0 Å². The van der Waals surface area contributed by atoms with Crippen LogP contribution in [0, 0.1) is 7.05 Å². The Bertz CT molecular complexity index is 66.9. The van der Waals surface area contributed by atoms with Gasteiger partial charge in [0.1, 0.15) is 0 Å². The summed E-state index contributed by atoms with van der Waals surface area (Å²) in [5, 5.41) is 9.00. The lowest BCUT2D eigenvalue weighted by atomic mass is 10.1. The highest BCUT2D eigenvalue weighted by Gasteiger charge is 2.12. The van der Waals surface area contributed by atoms with Crippen LogP contribution in [0.25, 0.3) is 0 Å². The van der Waals surface area contributed by atoms with Crippen molar-refractivity contribution in [3.63, 3.8) is 0 Å². The topological polar surface area (TPSA) is 23.5 Å². The highest BCUT2D eigenvalue weighted by Crippen LogP contribution is 2.07. The average molecular weight is 114 g/mol. The Hall–Kier alpha value is -0.0800. The molecule has 1 rings (SSSR count). The summed E-state index contributed by atoms with van der Waals surface area (Å²) in [6.45, 7) is 1.79. The van der Waals surface area contributed by atoms with E-state index in [0.717, 1.165) is 25.9 Å². The summed E-state index contributed by atoms with van der Waals surface area (Å²) in [7, 11) is 3.72. The van der Waals surface area contributed by atoms with Crippen molar-refractivity contribution in [2.45, 2.75) is 18.9 Å². The maximum Gasteiger partial charge on any atom is 0.0667 e. The van der Waals surface area contributed by atoms with Gasteiger partial charge in [-0.25, -0.2) is 0 Å². The second-order valence-corrected chi connectivity index (χ2v) is 2.37. The maximum absolute atomic E-state index is 9.00. The predicted molar refractivity (Wildman–Crippen MR) is 32.2 cm³/mol. The Morgan fingerprint density at radius 3 is 2.75 bits per heavy atom. The third-order valence-corrected chi connectivity index (χ3v) is 1.48. The van der Waals surface area contributed by atoms with Gasteiger partial charge in [0.15, 0.2) is 0 Å². The Morgan fingerprint density at radius 1 is 1.62 bits per heavy atom. The monoisotopic (exact) mass is 114 g/mol. The van der Waals surface area contributed by atoms with Crippen molar-refractivity contribution in [3.05, 3.63) is 7.05 Å². The molecule has 0 saturated carbocycles. The van der Waals surface area contributed by atoms with E-state index in [0.29, 0.717) is 0 Å². The van der Waals surface area contributed by atoms with Gasteiger partial charge in [0, 0.05) is 13.6 Å². The van der Waals surface area contributed by atoms with Crippen LogP contribution in [0.5, 0.6) is 0 Å². The van der Waals surface area contributed by atoms with E-state index in [1.165, 1.54) is 0 Å². The molecular weight excluding hydrogens is 102 g/mol. The summed E-state index contributed by atoms with van der Waals surface area (Å²) in [6, 6.07) is 0. The standard InChI is InChI=1S/C6H12NO/c1-7-4-2-3-6(8)5-7/h6,8H,1-5H2/t6-/m1/s1. The van der Waals surface area contributed by atoms with E-state index in [-0.39, 0.29) is 6.10 Å². The first-order chi connectivity index (χ1) is 3.79. The highest BCUT2D eigenvalue weighted by molar-refractivity contribution is 4.69. The van der Waals surface area contributed by atoms with Gasteiger partial charge in [-0.3, -0.25) is 4.90 Å². The summed E-state index contributed by atoms with van der Waals surface area (Å²) in [5.41, 5.74) is 0. The lowest BCUT2D eigenvalue weighted by Crippen LogP contribution is -2.33. The van der Waals surface area contributed by atoms with Crippen LogP contribution in [0.2, 0.25) is 0 Å². The van der Waals surface area contributed by atoms with Gasteiger partial charge in [0.2, 0.25) is 0 Å². The van der Waals surface area contributed by atoms with E-state index in [1.54, 1.807) is 0 Å². The molecule has 0 unspecified atom stereocenters. The van der Waals surface area contributed by atoms with Crippen molar-refractivity contribution in [3.8, 4) is 0 Å². The van der Waals surface area contributed by atoms with Crippen LogP contribution in [0.15, 0.2) is 0 Å². The van der Waals surface area contributed by atoms with E-state index in [2.05, 4.69) is 7.05 Å².